The van der Waals surface area contributed by atoms with Crippen LogP contribution in [0.3, 0.4) is 0 Å². The van der Waals surface area contributed by atoms with Gasteiger partial charge in [0.25, 0.3) is 0 Å². The maximum absolute atomic E-state index is 12.2. The first-order valence-corrected chi connectivity index (χ1v) is 7.75. The first kappa shape index (κ1) is 13.8. The van der Waals surface area contributed by atoms with Gasteiger partial charge in [-0.15, -0.1) is 0 Å². The molecule has 21 heavy (non-hydrogen) atoms. The molecule has 2 aromatic heterocycles. The van der Waals surface area contributed by atoms with E-state index in [0.717, 1.165) is 11.6 Å². The monoisotopic (exact) mass is 320 g/mol. The molecule has 0 radical (unpaired) electrons. The predicted molar refractivity (Wildman–Crippen MR) is 78.8 cm³/mol. The van der Waals surface area contributed by atoms with Gasteiger partial charge in [-0.1, -0.05) is 29.8 Å². The molecule has 0 unspecified atom stereocenters. The summed E-state index contributed by atoms with van der Waals surface area (Å²) in [5.41, 5.74) is 0.477. The molecule has 0 amide bonds. The van der Waals surface area contributed by atoms with Crippen molar-refractivity contribution in [1.82, 2.24) is 9.97 Å². The van der Waals surface area contributed by atoms with Gasteiger partial charge in [-0.25, -0.2) is 4.98 Å². The highest BCUT2D eigenvalue weighted by atomic mass is 35.5. The van der Waals surface area contributed by atoms with Gasteiger partial charge in [-0.05, 0) is 24.3 Å². The standard InChI is InChI=1S/C14H9ClN2O3S/c15-13-7-6-11(9-17-13)21(18,19)20-12-5-1-3-10-4-2-8-16-14(10)12/h1-9H. The van der Waals surface area contributed by atoms with Crippen LogP contribution in [0.4, 0.5) is 0 Å². The summed E-state index contributed by atoms with van der Waals surface area (Å²) in [6, 6.07) is 11.4. The first-order valence-electron chi connectivity index (χ1n) is 5.96. The van der Waals surface area contributed by atoms with Crippen molar-refractivity contribution in [2.24, 2.45) is 0 Å². The lowest BCUT2D eigenvalue weighted by Gasteiger charge is -2.08. The number of rotatable bonds is 3. The zero-order valence-electron chi connectivity index (χ0n) is 10.6. The molecular weight excluding hydrogens is 312 g/mol. The van der Waals surface area contributed by atoms with Crippen molar-refractivity contribution in [3.63, 3.8) is 0 Å². The summed E-state index contributed by atoms with van der Waals surface area (Å²) in [7, 11) is -3.98. The van der Waals surface area contributed by atoms with Crippen LogP contribution < -0.4 is 4.18 Å². The third-order valence-corrected chi connectivity index (χ3v) is 4.23. The molecule has 3 aromatic rings. The minimum absolute atomic E-state index is 0.0696. The minimum atomic E-state index is -3.98. The maximum atomic E-state index is 12.2. The van der Waals surface area contributed by atoms with Crippen LogP contribution in [0.2, 0.25) is 5.15 Å². The maximum Gasteiger partial charge on any atom is 0.340 e. The Kier molecular flexibility index (Phi) is 3.48. The molecule has 0 aliphatic rings. The van der Waals surface area contributed by atoms with Crippen LogP contribution in [0.5, 0.6) is 5.75 Å². The SMILES string of the molecule is O=S(=O)(Oc1cccc2cccnc12)c1ccc(Cl)nc1. The van der Waals surface area contributed by atoms with E-state index in [-0.39, 0.29) is 15.8 Å². The summed E-state index contributed by atoms with van der Waals surface area (Å²) in [6.07, 6.45) is 2.72. The number of nitrogens with zero attached hydrogens (tertiary/aromatic N) is 2. The third kappa shape index (κ3) is 2.81. The molecule has 0 saturated carbocycles. The number of halogens is 1. The van der Waals surface area contributed by atoms with Crippen LogP contribution in [0.1, 0.15) is 0 Å². The number of hydrogen-bond acceptors (Lipinski definition) is 5. The van der Waals surface area contributed by atoms with Gasteiger partial charge in [0, 0.05) is 11.6 Å². The summed E-state index contributed by atoms with van der Waals surface area (Å²) in [4.78, 5) is 7.82. The highest BCUT2D eigenvalue weighted by Gasteiger charge is 2.18. The average molecular weight is 321 g/mol. The summed E-state index contributed by atoms with van der Waals surface area (Å²) in [5, 5.41) is 1.00. The molecular formula is C14H9ClN2O3S. The zero-order chi connectivity index (χ0) is 14.9. The van der Waals surface area contributed by atoms with Crippen molar-refractivity contribution in [1.29, 1.82) is 0 Å². The van der Waals surface area contributed by atoms with Crippen molar-refractivity contribution in [2.75, 3.05) is 0 Å². The second kappa shape index (κ2) is 5.31. The van der Waals surface area contributed by atoms with Gasteiger partial charge in [0.15, 0.2) is 5.75 Å². The highest BCUT2D eigenvalue weighted by molar-refractivity contribution is 7.87. The summed E-state index contributed by atoms with van der Waals surface area (Å²) in [6.45, 7) is 0. The predicted octanol–water partition coefficient (Wildman–Crippen LogP) is 3.05. The van der Waals surface area contributed by atoms with E-state index in [1.165, 1.54) is 12.1 Å². The van der Waals surface area contributed by atoms with Crippen LogP contribution in [0.25, 0.3) is 10.9 Å². The molecule has 0 aliphatic heterocycles. The van der Waals surface area contributed by atoms with Gasteiger partial charge >= 0.3 is 10.1 Å². The lowest BCUT2D eigenvalue weighted by atomic mass is 10.2. The highest BCUT2D eigenvalue weighted by Crippen LogP contribution is 2.26. The van der Waals surface area contributed by atoms with E-state index in [9.17, 15) is 8.42 Å². The van der Waals surface area contributed by atoms with Crippen LogP contribution >= 0.6 is 11.6 Å². The molecule has 0 fully saturated rings. The van der Waals surface area contributed by atoms with Crippen molar-refractivity contribution in [2.45, 2.75) is 4.90 Å². The Balaban J connectivity index is 2.03. The number of hydrogen-bond donors (Lipinski definition) is 0. The fourth-order valence-corrected chi connectivity index (χ4v) is 2.82. The van der Waals surface area contributed by atoms with Gasteiger partial charge in [-0.3, -0.25) is 4.98 Å². The number of aromatic nitrogens is 2. The van der Waals surface area contributed by atoms with Crippen molar-refractivity contribution in [3.05, 3.63) is 60.0 Å². The number of pyridine rings is 2. The van der Waals surface area contributed by atoms with E-state index in [4.69, 9.17) is 15.8 Å². The molecule has 0 atom stereocenters. The number of para-hydroxylation sites is 1. The summed E-state index contributed by atoms with van der Waals surface area (Å²) >= 11 is 5.64. The van der Waals surface area contributed by atoms with Crippen LogP contribution in [0, 0.1) is 0 Å². The molecule has 0 bridgehead atoms. The largest absolute Gasteiger partial charge is 0.377 e. The third-order valence-electron chi connectivity index (χ3n) is 2.78. The van der Waals surface area contributed by atoms with Crippen LogP contribution in [-0.2, 0) is 10.1 Å². The fourth-order valence-electron chi connectivity index (χ4n) is 1.82. The quantitative estimate of drug-likeness (QED) is 0.548. The molecule has 3 rings (SSSR count). The van der Waals surface area contributed by atoms with Gasteiger partial charge in [-0.2, -0.15) is 8.42 Å². The van der Waals surface area contributed by atoms with Crippen LogP contribution in [-0.4, -0.2) is 18.4 Å². The molecule has 0 aliphatic carbocycles. The Morgan fingerprint density at radius 2 is 1.81 bits per heavy atom. The van der Waals surface area contributed by atoms with E-state index in [1.807, 2.05) is 12.1 Å². The van der Waals surface area contributed by atoms with E-state index >= 15 is 0 Å². The van der Waals surface area contributed by atoms with Gasteiger partial charge in [0.1, 0.15) is 15.6 Å². The molecule has 0 spiro atoms. The molecule has 7 heteroatoms. The average Bonchev–Trinajstić information content (AvgIpc) is 2.48. The Bertz CT molecular complexity index is 890. The van der Waals surface area contributed by atoms with E-state index in [0.29, 0.717) is 5.52 Å². The normalized spacial score (nSPS) is 11.5. The minimum Gasteiger partial charge on any atom is -0.377 e. The second-order valence-corrected chi connectivity index (χ2v) is 6.12. The Hall–Kier alpha value is -2.18. The van der Waals surface area contributed by atoms with E-state index in [1.54, 1.807) is 24.4 Å². The van der Waals surface area contributed by atoms with Gasteiger partial charge in [0.05, 0.1) is 6.20 Å². The fraction of sp³-hybridized carbons (Fsp3) is 0. The zero-order valence-corrected chi connectivity index (χ0v) is 12.2. The Morgan fingerprint density at radius 1 is 1.00 bits per heavy atom. The lowest BCUT2D eigenvalue weighted by molar-refractivity contribution is 0.488. The molecule has 2 heterocycles. The van der Waals surface area contributed by atoms with E-state index < -0.39 is 10.1 Å². The summed E-state index contributed by atoms with van der Waals surface area (Å²) < 4.78 is 29.6. The van der Waals surface area contributed by atoms with Gasteiger partial charge < -0.3 is 4.18 Å². The number of benzene rings is 1. The summed E-state index contributed by atoms with van der Waals surface area (Å²) in [5.74, 6) is 0.169. The van der Waals surface area contributed by atoms with Crippen molar-refractivity contribution < 1.29 is 12.6 Å². The molecule has 0 N–H and O–H groups in total. The molecule has 5 nitrogen and oxygen atoms in total. The van der Waals surface area contributed by atoms with Crippen LogP contribution in [0.15, 0.2) is 59.8 Å². The Labute approximate surface area is 126 Å². The van der Waals surface area contributed by atoms with Gasteiger partial charge in [0.2, 0.25) is 0 Å². The Morgan fingerprint density at radius 3 is 2.57 bits per heavy atom. The molecule has 0 saturated heterocycles. The molecule has 1 aromatic carbocycles. The number of fused-ring (bicyclic) bond motifs is 1. The second-order valence-electron chi connectivity index (χ2n) is 4.19. The lowest BCUT2D eigenvalue weighted by Crippen LogP contribution is -2.10. The molecule has 106 valence electrons. The van der Waals surface area contributed by atoms with Crippen molar-refractivity contribution in [3.8, 4) is 5.75 Å². The first-order chi connectivity index (χ1) is 10.1. The smallest absolute Gasteiger partial charge is 0.340 e. The van der Waals surface area contributed by atoms with Crippen molar-refractivity contribution >= 4 is 32.6 Å². The van der Waals surface area contributed by atoms with E-state index in [2.05, 4.69) is 9.97 Å². The topological polar surface area (TPSA) is 69.2 Å².